The van der Waals surface area contributed by atoms with Crippen LogP contribution in [0.5, 0.6) is 5.75 Å². The molecule has 1 aliphatic carbocycles. The van der Waals surface area contributed by atoms with Gasteiger partial charge in [-0.1, -0.05) is 35.5 Å². The monoisotopic (exact) mass is 405 g/mol. The molecule has 7 heteroatoms. The third kappa shape index (κ3) is 2.89. The lowest BCUT2D eigenvalue weighted by atomic mass is 9.80. The van der Waals surface area contributed by atoms with E-state index in [1.165, 1.54) is 11.1 Å². The second kappa shape index (κ2) is 7.25. The number of nitrogens with zero attached hydrogens (tertiary/aromatic N) is 3. The summed E-state index contributed by atoms with van der Waals surface area (Å²) in [6, 6.07) is 13.7. The molecular formula is C23H23N3O4. The summed E-state index contributed by atoms with van der Waals surface area (Å²) in [4.78, 5) is 18.9. The zero-order chi connectivity index (χ0) is 20.7. The topological polar surface area (TPSA) is 88.7 Å². The summed E-state index contributed by atoms with van der Waals surface area (Å²) in [5, 5.41) is 13.5. The fourth-order valence-electron chi connectivity index (χ4n) is 4.91. The van der Waals surface area contributed by atoms with E-state index in [1.54, 1.807) is 12.0 Å². The van der Waals surface area contributed by atoms with Crippen LogP contribution < -0.4 is 4.74 Å². The molecule has 30 heavy (non-hydrogen) atoms. The third-order valence-electron chi connectivity index (χ3n) is 6.31. The number of aromatic nitrogens is 2. The average Bonchev–Trinajstić information content (AvgIpc) is 3.47. The van der Waals surface area contributed by atoms with Gasteiger partial charge in [-0.15, -0.1) is 0 Å². The molecule has 1 fully saturated rings. The van der Waals surface area contributed by atoms with Crippen LogP contribution >= 0.6 is 0 Å². The average molecular weight is 405 g/mol. The minimum Gasteiger partial charge on any atom is -0.496 e. The molecule has 5 rings (SSSR count). The summed E-state index contributed by atoms with van der Waals surface area (Å²) in [7, 11) is 1.61. The summed E-state index contributed by atoms with van der Waals surface area (Å²) in [6.07, 6.45) is 2.26. The maximum absolute atomic E-state index is 12.5. The van der Waals surface area contributed by atoms with Crippen LogP contribution in [0.1, 0.15) is 24.0 Å². The molecule has 1 spiro atoms. The number of aliphatic hydroxyl groups is 1. The van der Waals surface area contributed by atoms with Crippen LogP contribution in [0.3, 0.4) is 0 Å². The Morgan fingerprint density at radius 1 is 1.20 bits per heavy atom. The van der Waals surface area contributed by atoms with E-state index in [2.05, 4.69) is 16.2 Å². The number of aliphatic hydroxyl groups excluding tert-OH is 1. The van der Waals surface area contributed by atoms with Gasteiger partial charge in [-0.2, -0.15) is 4.98 Å². The summed E-state index contributed by atoms with van der Waals surface area (Å²) in [5.74, 6) is 1.75. The fourth-order valence-corrected chi connectivity index (χ4v) is 4.91. The molecule has 1 aromatic heterocycles. The standard InChI is InChI=1S/C23H23N3O4/c1-29-19-8-3-2-5-17(19)22-24-21(25-30-22)16-6-4-7-18-15(16)9-10-23(18)13-20(28)26(14-23)11-12-27/h2-8,27H,9-14H2,1H3/t23-/m0/s1. The Labute approximate surface area is 174 Å². The largest absolute Gasteiger partial charge is 0.496 e. The van der Waals surface area contributed by atoms with E-state index in [0.29, 0.717) is 37.0 Å². The van der Waals surface area contributed by atoms with Crippen molar-refractivity contribution in [2.24, 2.45) is 0 Å². The van der Waals surface area contributed by atoms with E-state index in [9.17, 15) is 9.90 Å². The second-order valence-corrected chi connectivity index (χ2v) is 7.95. The summed E-state index contributed by atoms with van der Waals surface area (Å²) in [6.45, 7) is 1.04. The van der Waals surface area contributed by atoms with Gasteiger partial charge in [-0.25, -0.2) is 0 Å². The quantitative estimate of drug-likeness (QED) is 0.702. The van der Waals surface area contributed by atoms with Gasteiger partial charge in [0.05, 0.1) is 19.3 Å². The van der Waals surface area contributed by atoms with Gasteiger partial charge < -0.3 is 19.3 Å². The normalized spacial score (nSPS) is 20.2. The van der Waals surface area contributed by atoms with Crippen LogP contribution in [0.15, 0.2) is 47.0 Å². The molecule has 1 N–H and O–H groups in total. The molecule has 2 heterocycles. The van der Waals surface area contributed by atoms with E-state index in [4.69, 9.17) is 9.26 Å². The number of ether oxygens (including phenoxy) is 1. The first-order valence-corrected chi connectivity index (χ1v) is 10.1. The molecular weight excluding hydrogens is 382 g/mol. The van der Waals surface area contributed by atoms with Crippen LogP contribution in [0, 0.1) is 0 Å². The number of hydrogen-bond donors (Lipinski definition) is 1. The van der Waals surface area contributed by atoms with Gasteiger partial charge in [0.2, 0.25) is 11.7 Å². The van der Waals surface area contributed by atoms with Crippen molar-refractivity contribution in [1.29, 1.82) is 0 Å². The SMILES string of the molecule is COc1ccccc1-c1nc(-c2cccc3c2CC[C@@]32CC(=O)N(CCO)C2)no1. The van der Waals surface area contributed by atoms with E-state index in [-0.39, 0.29) is 17.9 Å². The summed E-state index contributed by atoms with van der Waals surface area (Å²) >= 11 is 0. The molecule has 7 nitrogen and oxygen atoms in total. The Balaban J connectivity index is 1.51. The number of rotatable bonds is 5. The van der Waals surface area contributed by atoms with Crippen molar-refractivity contribution in [2.75, 3.05) is 26.8 Å². The second-order valence-electron chi connectivity index (χ2n) is 7.95. The van der Waals surface area contributed by atoms with Crippen molar-refractivity contribution in [3.05, 3.63) is 53.6 Å². The lowest BCUT2D eigenvalue weighted by Crippen LogP contribution is -2.32. The Bertz CT molecular complexity index is 1110. The maximum Gasteiger partial charge on any atom is 0.262 e. The first-order valence-electron chi connectivity index (χ1n) is 10.1. The van der Waals surface area contributed by atoms with Gasteiger partial charge in [0, 0.05) is 30.5 Å². The number of likely N-dealkylation sites (tertiary alicyclic amines) is 1. The lowest BCUT2D eigenvalue weighted by Gasteiger charge is -2.24. The van der Waals surface area contributed by atoms with E-state index >= 15 is 0 Å². The van der Waals surface area contributed by atoms with E-state index in [1.807, 2.05) is 36.4 Å². The molecule has 2 aromatic carbocycles. The zero-order valence-electron chi connectivity index (χ0n) is 16.8. The van der Waals surface area contributed by atoms with Crippen LogP contribution in [0.2, 0.25) is 0 Å². The van der Waals surface area contributed by atoms with Crippen LogP contribution in [0.4, 0.5) is 0 Å². The minimum absolute atomic E-state index is 0.0106. The highest BCUT2D eigenvalue weighted by atomic mass is 16.5. The minimum atomic E-state index is -0.188. The number of fused-ring (bicyclic) bond motifs is 2. The van der Waals surface area contributed by atoms with Gasteiger partial charge in [0.15, 0.2) is 0 Å². The van der Waals surface area contributed by atoms with E-state index < -0.39 is 0 Å². The fraction of sp³-hybridized carbons (Fsp3) is 0.348. The summed E-state index contributed by atoms with van der Waals surface area (Å²) in [5.41, 5.74) is 3.89. The molecule has 3 aromatic rings. The number of benzene rings is 2. The molecule has 2 aliphatic rings. The molecule has 154 valence electrons. The van der Waals surface area contributed by atoms with Gasteiger partial charge in [-0.3, -0.25) is 4.79 Å². The highest BCUT2D eigenvalue weighted by Gasteiger charge is 2.48. The molecule has 1 amide bonds. The molecule has 1 saturated heterocycles. The van der Waals surface area contributed by atoms with Crippen molar-refractivity contribution >= 4 is 5.91 Å². The van der Waals surface area contributed by atoms with Gasteiger partial charge in [0.1, 0.15) is 5.75 Å². The molecule has 0 bridgehead atoms. The number of amides is 1. The first-order chi connectivity index (χ1) is 14.6. The lowest BCUT2D eigenvalue weighted by molar-refractivity contribution is -0.128. The Morgan fingerprint density at radius 2 is 2.03 bits per heavy atom. The first kappa shape index (κ1) is 18.8. The number of hydrogen-bond acceptors (Lipinski definition) is 6. The highest BCUT2D eigenvalue weighted by Crippen LogP contribution is 2.48. The number of para-hydroxylation sites is 1. The predicted octanol–water partition coefficient (Wildman–Crippen LogP) is 2.82. The van der Waals surface area contributed by atoms with Gasteiger partial charge in [0.25, 0.3) is 5.89 Å². The molecule has 0 unspecified atom stereocenters. The van der Waals surface area contributed by atoms with Crippen LogP contribution in [-0.2, 0) is 16.6 Å². The molecule has 1 aliphatic heterocycles. The highest BCUT2D eigenvalue weighted by molar-refractivity contribution is 5.82. The smallest absolute Gasteiger partial charge is 0.262 e. The summed E-state index contributed by atoms with van der Waals surface area (Å²) < 4.78 is 11.0. The Morgan fingerprint density at radius 3 is 2.87 bits per heavy atom. The van der Waals surface area contributed by atoms with Crippen molar-refractivity contribution in [3.8, 4) is 28.6 Å². The number of carbonyl (C=O) groups is 1. The van der Waals surface area contributed by atoms with Crippen molar-refractivity contribution in [2.45, 2.75) is 24.7 Å². The Kier molecular flexibility index (Phi) is 4.55. The van der Waals surface area contributed by atoms with Crippen molar-refractivity contribution in [1.82, 2.24) is 15.0 Å². The van der Waals surface area contributed by atoms with Gasteiger partial charge in [-0.05, 0) is 36.1 Å². The van der Waals surface area contributed by atoms with E-state index in [0.717, 1.165) is 24.0 Å². The van der Waals surface area contributed by atoms with Crippen molar-refractivity contribution in [3.63, 3.8) is 0 Å². The van der Waals surface area contributed by atoms with Crippen LogP contribution in [0.25, 0.3) is 22.8 Å². The number of methoxy groups -OCH3 is 1. The van der Waals surface area contributed by atoms with Gasteiger partial charge >= 0.3 is 0 Å². The molecule has 0 radical (unpaired) electrons. The number of carbonyl (C=O) groups excluding carboxylic acids is 1. The predicted molar refractivity (Wildman–Crippen MR) is 110 cm³/mol. The Hall–Kier alpha value is -3.19. The van der Waals surface area contributed by atoms with Crippen LogP contribution in [-0.4, -0.2) is 52.9 Å². The molecule has 1 atom stereocenters. The molecule has 0 saturated carbocycles. The van der Waals surface area contributed by atoms with Crippen molar-refractivity contribution < 1.29 is 19.2 Å². The maximum atomic E-state index is 12.5. The zero-order valence-corrected chi connectivity index (χ0v) is 16.8. The number of β-amino-alcohol motifs (C(OH)–C–C–N with tert-alkyl or cyclic N) is 1. The third-order valence-corrected chi connectivity index (χ3v) is 6.31.